The highest BCUT2D eigenvalue weighted by Crippen LogP contribution is 2.24. The third kappa shape index (κ3) is 8.22. The van der Waals surface area contributed by atoms with Crippen LogP contribution in [0, 0.1) is 11.3 Å². The quantitative estimate of drug-likeness (QED) is 0.384. The van der Waals surface area contributed by atoms with Gasteiger partial charge in [0.15, 0.2) is 6.29 Å². The molecule has 0 aromatic heterocycles. The lowest BCUT2D eigenvalue weighted by Gasteiger charge is -2.28. The van der Waals surface area contributed by atoms with Gasteiger partial charge in [-0.1, -0.05) is 24.3 Å². The Bertz CT molecular complexity index is 917. The Hall–Kier alpha value is -3.41. The summed E-state index contributed by atoms with van der Waals surface area (Å²) in [7, 11) is 0. The number of nitrogens with zero attached hydrogens (tertiary/aromatic N) is 2. The normalized spacial score (nSPS) is 10.5. The van der Waals surface area contributed by atoms with Crippen molar-refractivity contribution in [2.45, 2.75) is 33.5 Å². The number of benzene rings is 2. The van der Waals surface area contributed by atoms with Gasteiger partial charge in [0, 0.05) is 25.4 Å². The van der Waals surface area contributed by atoms with Crippen LogP contribution in [0.3, 0.4) is 0 Å². The van der Waals surface area contributed by atoms with Crippen molar-refractivity contribution >= 4 is 17.7 Å². The van der Waals surface area contributed by atoms with Gasteiger partial charge in [0.05, 0.1) is 31.2 Å². The first-order valence-electron chi connectivity index (χ1n) is 11.1. The first-order valence-corrected chi connectivity index (χ1v) is 11.1. The largest absolute Gasteiger partial charge is 0.466 e. The number of hydrogen-bond donors (Lipinski definition) is 1. The van der Waals surface area contributed by atoms with E-state index in [1.54, 1.807) is 19.1 Å². The predicted molar refractivity (Wildman–Crippen MR) is 126 cm³/mol. The maximum atomic E-state index is 13.0. The summed E-state index contributed by atoms with van der Waals surface area (Å²) in [6.45, 7) is 7.00. The third-order valence-electron chi connectivity index (χ3n) is 4.72. The molecule has 0 unspecified atom stereocenters. The summed E-state index contributed by atoms with van der Waals surface area (Å²) in [5.41, 5.74) is 3.17. The van der Waals surface area contributed by atoms with Crippen LogP contribution in [0.2, 0.25) is 0 Å². The van der Waals surface area contributed by atoms with E-state index in [1.165, 1.54) is 4.90 Å². The molecule has 0 radical (unpaired) electrons. The minimum absolute atomic E-state index is 0.0887. The van der Waals surface area contributed by atoms with E-state index in [4.69, 9.17) is 19.5 Å². The highest BCUT2D eigenvalue weighted by molar-refractivity contribution is 5.92. The first-order chi connectivity index (χ1) is 16.0. The topological polar surface area (TPSA) is 101 Å². The second-order valence-electron chi connectivity index (χ2n) is 6.97. The zero-order chi connectivity index (χ0) is 24.1. The summed E-state index contributed by atoms with van der Waals surface area (Å²) < 4.78 is 16.2. The van der Waals surface area contributed by atoms with Gasteiger partial charge in [-0.05, 0) is 56.2 Å². The molecule has 176 valence electrons. The van der Waals surface area contributed by atoms with Crippen molar-refractivity contribution in [2.75, 3.05) is 37.8 Å². The zero-order valence-electron chi connectivity index (χ0n) is 19.4. The van der Waals surface area contributed by atoms with E-state index in [-0.39, 0.29) is 31.5 Å². The maximum absolute atomic E-state index is 13.0. The van der Waals surface area contributed by atoms with E-state index < -0.39 is 6.29 Å². The Kier molecular flexibility index (Phi) is 10.9. The summed E-state index contributed by atoms with van der Waals surface area (Å²) in [4.78, 5) is 26.1. The molecule has 2 rings (SSSR count). The second kappa shape index (κ2) is 13.9. The van der Waals surface area contributed by atoms with Crippen LogP contribution in [0.5, 0.6) is 0 Å². The molecule has 0 spiro atoms. The smallest absolute Gasteiger partial charge is 0.322 e. The molecule has 0 atom stereocenters. The minimum atomic E-state index is -0.589. The molecule has 0 aliphatic heterocycles. The van der Waals surface area contributed by atoms with E-state index in [9.17, 15) is 9.59 Å². The summed E-state index contributed by atoms with van der Waals surface area (Å²) in [5, 5.41) is 11.7. The summed E-state index contributed by atoms with van der Waals surface area (Å²) in [5.74, 6) is -0.363. The predicted octanol–water partition coefficient (Wildman–Crippen LogP) is 4.09. The summed E-state index contributed by atoms with van der Waals surface area (Å²) in [6.07, 6.45) is -0.500. The third-order valence-corrected chi connectivity index (χ3v) is 4.72. The van der Waals surface area contributed by atoms with E-state index in [1.807, 2.05) is 50.2 Å². The van der Waals surface area contributed by atoms with Crippen LogP contribution in [-0.4, -0.2) is 51.2 Å². The van der Waals surface area contributed by atoms with Crippen molar-refractivity contribution < 1.29 is 23.8 Å². The lowest BCUT2D eigenvalue weighted by Crippen LogP contribution is -2.46. The van der Waals surface area contributed by atoms with Gasteiger partial charge < -0.3 is 19.5 Å². The molecule has 0 fully saturated rings. The van der Waals surface area contributed by atoms with Crippen LogP contribution in [0.1, 0.15) is 32.8 Å². The molecular weight excluding hydrogens is 422 g/mol. The SMILES string of the molecule is CCOC(=O)CCNC(=O)N(CC(OCC)OCC)c1ccc(-c2ccc(C#N)cc2)cc1. The number of carbonyl (C=O) groups excluding carboxylic acids is 2. The molecule has 0 bridgehead atoms. The Morgan fingerprint density at radius 1 is 0.939 bits per heavy atom. The number of esters is 1. The van der Waals surface area contributed by atoms with Gasteiger partial charge >= 0.3 is 12.0 Å². The zero-order valence-corrected chi connectivity index (χ0v) is 19.4. The number of rotatable bonds is 12. The fraction of sp³-hybridized carbons (Fsp3) is 0.400. The molecule has 0 aliphatic carbocycles. The molecule has 0 aliphatic rings. The average molecular weight is 454 g/mol. The second-order valence-corrected chi connectivity index (χ2v) is 6.97. The molecule has 0 heterocycles. The van der Waals surface area contributed by atoms with Crippen LogP contribution in [0.4, 0.5) is 10.5 Å². The van der Waals surface area contributed by atoms with Gasteiger partial charge in [0.25, 0.3) is 0 Å². The number of hydrogen-bond acceptors (Lipinski definition) is 6. The van der Waals surface area contributed by atoms with Crippen LogP contribution in [0.15, 0.2) is 48.5 Å². The van der Waals surface area contributed by atoms with Crippen LogP contribution < -0.4 is 10.2 Å². The van der Waals surface area contributed by atoms with Crippen molar-refractivity contribution in [3.8, 4) is 17.2 Å². The fourth-order valence-corrected chi connectivity index (χ4v) is 3.15. The molecule has 8 heteroatoms. The highest BCUT2D eigenvalue weighted by atomic mass is 16.7. The van der Waals surface area contributed by atoms with Gasteiger partial charge in [-0.15, -0.1) is 0 Å². The molecule has 0 saturated carbocycles. The van der Waals surface area contributed by atoms with E-state index in [2.05, 4.69) is 11.4 Å². The molecule has 2 aromatic carbocycles. The number of nitriles is 1. The summed E-state index contributed by atoms with van der Waals surface area (Å²) >= 11 is 0. The van der Waals surface area contributed by atoms with E-state index >= 15 is 0 Å². The fourth-order valence-electron chi connectivity index (χ4n) is 3.15. The van der Waals surface area contributed by atoms with Crippen molar-refractivity contribution in [3.05, 3.63) is 54.1 Å². The number of urea groups is 1. The Labute approximate surface area is 195 Å². The van der Waals surface area contributed by atoms with Crippen molar-refractivity contribution in [1.29, 1.82) is 5.26 Å². The van der Waals surface area contributed by atoms with Gasteiger partial charge in [-0.25, -0.2) is 4.79 Å². The minimum Gasteiger partial charge on any atom is -0.466 e. The lowest BCUT2D eigenvalue weighted by atomic mass is 10.0. The summed E-state index contributed by atoms with van der Waals surface area (Å²) in [6, 6.07) is 16.5. The van der Waals surface area contributed by atoms with E-state index in [0.717, 1.165) is 11.1 Å². The Balaban J connectivity index is 2.19. The van der Waals surface area contributed by atoms with Gasteiger partial charge in [0.2, 0.25) is 0 Å². The monoisotopic (exact) mass is 453 g/mol. The molecule has 8 nitrogen and oxygen atoms in total. The Morgan fingerprint density at radius 3 is 2.03 bits per heavy atom. The number of ether oxygens (including phenoxy) is 3. The molecule has 0 saturated heterocycles. The number of anilines is 1. The molecule has 1 N–H and O–H groups in total. The van der Waals surface area contributed by atoms with Crippen LogP contribution in [0.25, 0.3) is 11.1 Å². The average Bonchev–Trinajstić information content (AvgIpc) is 2.83. The van der Waals surface area contributed by atoms with Gasteiger partial charge in [-0.3, -0.25) is 9.69 Å². The number of nitrogens with one attached hydrogen (secondary N) is 1. The molecule has 2 aromatic rings. The van der Waals surface area contributed by atoms with Crippen molar-refractivity contribution in [2.24, 2.45) is 0 Å². The molecule has 2 amide bonds. The Morgan fingerprint density at radius 2 is 1.52 bits per heavy atom. The maximum Gasteiger partial charge on any atom is 0.322 e. The number of amides is 2. The number of carbonyl (C=O) groups is 2. The van der Waals surface area contributed by atoms with E-state index in [0.29, 0.717) is 31.1 Å². The van der Waals surface area contributed by atoms with Crippen molar-refractivity contribution in [1.82, 2.24) is 5.32 Å². The lowest BCUT2D eigenvalue weighted by molar-refractivity contribution is -0.142. The standard InChI is InChI=1S/C25H31N3O5/c1-4-31-23(29)15-16-27-25(30)28(18-24(32-5-2)33-6-3)22-13-11-21(12-14-22)20-9-7-19(17-26)8-10-20/h7-14,24H,4-6,15-16,18H2,1-3H3,(H,27,30). The van der Waals surface area contributed by atoms with Gasteiger partial charge in [0.1, 0.15) is 0 Å². The first kappa shape index (κ1) is 25.8. The molecular formula is C25H31N3O5. The molecule has 33 heavy (non-hydrogen) atoms. The highest BCUT2D eigenvalue weighted by Gasteiger charge is 2.21. The van der Waals surface area contributed by atoms with Crippen molar-refractivity contribution in [3.63, 3.8) is 0 Å². The van der Waals surface area contributed by atoms with Crippen LogP contribution in [-0.2, 0) is 19.0 Å². The van der Waals surface area contributed by atoms with Gasteiger partial charge in [-0.2, -0.15) is 5.26 Å². The van der Waals surface area contributed by atoms with Crippen LogP contribution >= 0.6 is 0 Å².